The smallest absolute Gasteiger partial charge is 0.286 e. The Hall–Kier alpha value is -2.02. The number of nitrogens with zero attached hydrogens (tertiary/aromatic N) is 2. The van der Waals surface area contributed by atoms with Crippen LogP contribution in [0.1, 0.15) is 24.8 Å². The number of hydrogen-bond donors (Lipinski definition) is 0. The first kappa shape index (κ1) is 19.3. The Kier molecular flexibility index (Phi) is 6.52. The number of hydrogen-bond acceptors (Lipinski definition) is 5. The third-order valence-electron chi connectivity index (χ3n) is 4.52. The van der Waals surface area contributed by atoms with Crippen LogP contribution in [0.15, 0.2) is 81.4 Å². The second kappa shape index (κ2) is 9.45. The molecule has 1 saturated heterocycles. The molecule has 0 amide bonds. The van der Waals surface area contributed by atoms with E-state index in [1.165, 1.54) is 16.7 Å². The predicted octanol–water partition coefficient (Wildman–Crippen LogP) is 5.14. The van der Waals surface area contributed by atoms with Crippen molar-refractivity contribution in [2.75, 3.05) is 6.61 Å². The van der Waals surface area contributed by atoms with E-state index in [9.17, 15) is 4.79 Å². The van der Waals surface area contributed by atoms with Gasteiger partial charge in [0.1, 0.15) is 5.44 Å². The first-order valence-corrected chi connectivity index (χ1v) is 11.3. The quantitative estimate of drug-likeness (QED) is 0.526. The van der Waals surface area contributed by atoms with Crippen LogP contribution in [-0.4, -0.2) is 21.8 Å². The molecule has 1 aromatic heterocycles. The number of aromatic nitrogens is 2. The predicted molar refractivity (Wildman–Crippen MR) is 115 cm³/mol. The summed E-state index contributed by atoms with van der Waals surface area (Å²) in [5.74, 6) is 0.744. The van der Waals surface area contributed by atoms with Gasteiger partial charge >= 0.3 is 0 Å². The fourth-order valence-electron chi connectivity index (χ4n) is 3.07. The number of rotatable bonds is 6. The second-order valence-corrected chi connectivity index (χ2v) is 8.77. The van der Waals surface area contributed by atoms with Crippen LogP contribution in [0.4, 0.5) is 0 Å². The Morgan fingerprint density at radius 2 is 1.79 bits per heavy atom. The largest absolute Gasteiger partial charge is 0.367 e. The molecule has 1 atom stereocenters. The maximum Gasteiger partial charge on any atom is 0.286 e. The van der Waals surface area contributed by atoms with Crippen LogP contribution in [0.25, 0.3) is 5.69 Å². The van der Waals surface area contributed by atoms with Gasteiger partial charge in [0, 0.05) is 17.3 Å². The van der Waals surface area contributed by atoms with Crippen molar-refractivity contribution in [1.29, 1.82) is 0 Å². The molecule has 1 aliphatic rings. The highest BCUT2D eigenvalue weighted by Gasteiger charge is 2.20. The fraction of sp³-hybridized carbons (Fsp3) is 0.273. The van der Waals surface area contributed by atoms with E-state index in [1.807, 2.05) is 54.7 Å². The van der Waals surface area contributed by atoms with E-state index in [1.54, 1.807) is 23.5 Å². The van der Waals surface area contributed by atoms with Crippen molar-refractivity contribution >= 4 is 23.5 Å². The average Bonchev–Trinajstić information content (AvgIpc) is 2.75. The molecule has 144 valence electrons. The topological polar surface area (TPSA) is 44.1 Å². The van der Waals surface area contributed by atoms with Gasteiger partial charge in [-0.25, -0.2) is 0 Å². The molecule has 28 heavy (non-hydrogen) atoms. The van der Waals surface area contributed by atoms with Crippen molar-refractivity contribution in [2.24, 2.45) is 0 Å². The first-order valence-electron chi connectivity index (χ1n) is 9.44. The molecule has 0 spiro atoms. The number of benzene rings is 2. The summed E-state index contributed by atoms with van der Waals surface area (Å²) >= 11 is 3.20. The van der Waals surface area contributed by atoms with Crippen LogP contribution < -0.4 is 5.56 Å². The zero-order valence-electron chi connectivity index (χ0n) is 15.5. The van der Waals surface area contributed by atoms with Gasteiger partial charge in [0.2, 0.25) is 0 Å². The molecular weight excluding hydrogens is 388 g/mol. The minimum Gasteiger partial charge on any atom is -0.367 e. The van der Waals surface area contributed by atoms with Crippen molar-refractivity contribution in [2.45, 2.75) is 40.2 Å². The maximum absolute atomic E-state index is 13.3. The van der Waals surface area contributed by atoms with E-state index in [4.69, 9.17) is 4.74 Å². The molecule has 1 fully saturated rings. The third-order valence-corrected chi connectivity index (χ3v) is 7.01. The molecular formula is C22H22N2O2S2. The van der Waals surface area contributed by atoms with E-state index in [0.717, 1.165) is 40.7 Å². The lowest BCUT2D eigenvalue weighted by Gasteiger charge is -2.22. The third kappa shape index (κ3) is 4.69. The van der Waals surface area contributed by atoms with E-state index >= 15 is 0 Å². The number of ether oxygens (including phenoxy) is 1. The minimum atomic E-state index is -0.0760. The molecule has 0 bridgehead atoms. The molecule has 0 saturated carbocycles. The van der Waals surface area contributed by atoms with Gasteiger partial charge in [-0.05, 0) is 37.0 Å². The summed E-state index contributed by atoms with van der Waals surface area (Å²) in [5.41, 5.74) is 1.99. The van der Waals surface area contributed by atoms with Crippen molar-refractivity contribution in [3.63, 3.8) is 0 Å². The molecule has 2 heterocycles. The summed E-state index contributed by atoms with van der Waals surface area (Å²) in [5, 5.41) is 4.44. The van der Waals surface area contributed by atoms with E-state index < -0.39 is 0 Å². The van der Waals surface area contributed by atoms with Crippen molar-refractivity contribution in [1.82, 2.24) is 9.78 Å². The molecule has 2 aromatic carbocycles. The number of thioether (sulfide) groups is 2. The summed E-state index contributed by atoms with van der Waals surface area (Å²) in [7, 11) is 0. The van der Waals surface area contributed by atoms with Gasteiger partial charge in [-0.3, -0.25) is 4.79 Å². The van der Waals surface area contributed by atoms with Crippen LogP contribution in [-0.2, 0) is 10.5 Å². The Morgan fingerprint density at radius 1 is 1.04 bits per heavy atom. The highest BCUT2D eigenvalue weighted by Crippen LogP contribution is 2.35. The SMILES string of the molecule is O=c1c(SCc2ccccc2)c(SC2CCCCO2)cnn1-c1ccccc1. The molecule has 1 aliphatic heterocycles. The van der Waals surface area contributed by atoms with Crippen molar-refractivity contribution < 1.29 is 4.74 Å². The summed E-state index contributed by atoms with van der Waals surface area (Å²) in [6, 6.07) is 19.8. The van der Waals surface area contributed by atoms with E-state index in [-0.39, 0.29) is 11.0 Å². The monoisotopic (exact) mass is 410 g/mol. The lowest BCUT2D eigenvalue weighted by atomic mass is 10.2. The molecule has 0 aliphatic carbocycles. The van der Waals surface area contributed by atoms with Gasteiger partial charge in [0.25, 0.3) is 5.56 Å². The normalized spacial score (nSPS) is 16.8. The highest BCUT2D eigenvalue weighted by atomic mass is 32.2. The fourth-order valence-corrected chi connectivity index (χ4v) is 5.33. The van der Waals surface area contributed by atoms with E-state index in [0.29, 0.717) is 0 Å². The van der Waals surface area contributed by atoms with Crippen LogP contribution in [0, 0.1) is 0 Å². The van der Waals surface area contributed by atoms with Gasteiger partial charge in [0.15, 0.2) is 0 Å². The van der Waals surface area contributed by atoms with Gasteiger partial charge in [0.05, 0.1) is 16.8 Å². The second-order valence-electron chi connectivity index (χ2n) is 6.58. The molecule has 4 nitrogen and oxygen atoms in total. The lowest BCUT2D eigenvalue weighted by molar-refractivity contribution is 0.0727. The minimum absolute atomic E-state index is 0.0760. The molecule has 1 unspecified atom stereocenters. The maximum atomic E-state index is 13.3. The van der Waals surface area contributed by atoms with Gasteiger partial charge in [-0.1, -0.05) is 60.3 Å². The molecule has 0 N–H and O–H groups in total. The summed E-state index contributed by atoms with van der Waals surface area (Å²) < 4.78 is 7.36. The average molecular weight is 411 g/mol. The van der Waals surface area contributed by atoms with Gasteiger partial charge in [-0.15, -0.1) is 11.8 Å². The lowest BCUT2D eigenvalue weighted by Crippen LogP contribution is -2.24. The van der Waals surface area contributed by atoms with Crippen molar-refractivity contribution in [3.05, 3.63) is 82.8 Å². The summed E-state index contributed by atoms with van der Waals surface area (Å²) in [4.78, 5) is 14.9. The Morgan fingerprint density at radius 3 is 2.50 bits per heavy atom. The zero-order valence-corrected chi connectivity index (χ0v) is 17.1. The molecule has 0 radical (unpaired) electrons. The zero-order chi connectivity index (χ0) is 19.2. The summed E-state index contributed by atoms with van der Waals surface area (Å²) in [6.45, 7) is 0.790. The highest BCUT2D eigenvalue weighted by molar-refractivity contribution is 8.02. The van der Waals surface area contributed by atoms with Crippen molar-refractivity contribution in [3.8, 4) is 5.69 Å². The van der Waals surface area contributed by atoms with Crippen LogP contribution in [0.3, 0.4) is 0 Å². The summed E-state index contributed by atoms with van der Waals surface area (Å²) in [6.07, 6.45) is 5.10. The standard InChI is InChI=1S/C22H22N2O2S2/c25-22-21(27-16-17-9-3-1-4-10-17)19(28-20-13-7-8-14-26-20)15-23-24(22)18-11-5-2-6-12-18/h1-6,9-12,15,20H,7-8,13-14,16H2. The number of para-hydroxylation sites is 1. The Bertz CT molecular complexity index is 955. The van der Waals surface area contributed by atoms with Crippen LogP contribution >= 0.6 is 23.5 Å². The van der Waals surface area contributed by atoms with Crippen LogP contribution in [0.5, 0.6) is 0 Å². The molecule has 4 rings (SSSR count). The van der Waals surface area contributed by atoms with Crippen LogP contribution in [0.2, 0.25) is 0 Å². The Balaban J connectivity index is 1.66. The molecule has 6 heteroatoms. The van der Waals surface area contributed by atoms with Gasteiger partial charge < -0.3 is 4.74 Å². The Labute approximate surface area is 173 Å². The van der Waals surface area contributed by atoms with E-state index in [2.05, 4.69) is 17.2 Å². The molecule has 3 aromatic rings. The van der Waals surface area contributed by atoms with Gasteiger partial charge in [-0.2, -0.15) is 9.78 Å². The first-order chi connectivity index (χ1) is 13.8.